The zero-order valence-electron chi connectivity index (χ0n) is 6.61. The number of hydrogen-bond donors (Lipinski definition) is 1. The first kappa shape index (κ1) is 11.1. The van der Waals surface area contributed by atoms with E-state index in [1.165, 1.54) is 24.3 Å². The van der Waals surface area contributed by atoms with E-state index in [4.69, 9.17) is 4.55 Å². The van der Waals surface area contributed by atoms with Crippen LogP contribution in [0.15, 0.2) is 24.3 Å². The van der Waals surface area contributed by atoms with Gasteiger partial charge in [0.2, 0.25) is 0 Å². The van der Waals surface area contributed by atoms with Crippen LogP contribution in [0.1, 0.15) is 0 Å². The van der Waals surface area contributed by atoms with Crippen molar-refractivity contribution in [3.8, 4) is 11.5 Å². The highest BCUT2D eigenvalue weighted by Crippen LogP contribution is 2.18. The van der Waals surface area contributed by atoms with E-state index in [0.29, 0.717) is 0 Å². The SMILES string of the molecule is O=S([O-])Oc1ccc(OS(=O)O)cc1. The third-order valence-electron chi connectivity index (χ3n) is 1.16. The molecule has 1 aromatic rings. The fourth-order valence-electron chi connectivity index (χ4n) is 0.712. The predicted octanol–water partition coefficient (Wildman–Crippen LogP) is 0.375. The summed E-state index contributed by atoms with van der Waals surface area (Å²) < 4.78 is 47.4. The molecule has 0 amide bonds. The third-order valence-corrected chi connectivity index (χ3v) is 1.82. The molecule has 0 aliphatic carbocycles. The van der Waals surface area contributed by atoms with Crippen molar-refractivity contribution < 1.29 is 25.9 Å². The maximum atomic E-state index is 10.2. The Balaban J connectivity index is 2.68. The van der Waals surface area contributed by atoms with E-state index in [-0.39, 0.29) is 11.5 Å². The molecule has 0 saturated heterocycles. The summed E-state index contributed by atoms with van der Waals surface area (Å²) in [6.45, 7) is 0. The molecule has 0 saturated carbocycles. The molecule has 0 aliphatic heterocycles. The summed E-state index contributed by atoms with van der Waals surface area (Å²) in [5.41, 5.74) is 0. The first-order valence-corrected chi connectivity index (χ1v) is 5.28. The quantitative estimate of drug-likeness (QED) is 0.760. The largest absolute Gasteiger partial charge is 0.740 e. The summed E-state index contributed by atoms with van der Waals surface area (Å²) >= 11 is -5.03. The van der Waals surface area contributed by atoms with Crippen molar-refractivity contribution in [2.45, 2.75) is 0 Å². The zero-order valence-corrected chi connectivity index (χ0v) is 8.25. The van der Waals surface area contributed by atoms with Crippen molar-refractivity contribution in [1.29, 1.82) is 0 Å². The fraction of sp³-hybridized carbons (Fsp3) is 0. The topological polar surface area (TPSA) is 95.9 Å². The Morgan fingerprint density at radius 2 is 1.50 bits per heavy atom. The lowest BCUT2D eigenvalue weighted by molar-refractivity contribution is 0.438. The molecule has 1 rings (SSSR count). The van der Waals surface area contributed by atoms with E-state index >= 15 is 0 Å². The van der Waals surface area contributed by atoms with Gasteiger partial charge in [-0.25, -0.2) is 4.21 Å². The standard InChI is InChI=1S/C6H6O6S2/c7-13(8)11-5-1-2-6(4-3-5)12-14(9)10/h1-4H,(H,7,8)(H,9,10)/p-1. The van der Waals surface area contributed by atoms with Gasteiger partial charge >= 0.3 is 11.4 Å². The highest BCUT2D eigenvalue weighted by atomic mass is 32.2. The van der Waals surface area contributed by atoms with Crippen LogP contribution in [0, 0.1) is 0 Å². The van der Waals surface area contributed by atoms with Gasteiger partial charge in [-0.15, -0.1) is 0 Å². The summed E-state index contributed by atoms with van der Waals surface area (Å²) in [6.07, 6.45) is 0. The molecule has 0 radical (unpaired) electrons. The molecule has 0 bridgehead atoms. The first-order valence-electron chi connectivity index (χ1n) is 3.25. The fourth-order valence-corrected chi connectivity index (χ4v) is 1.26. The molecular weight excluding hydrogens is 232 g/mol. The zero-order chi connectivity index (χ0) is 10.6. The summed E-state index contributed by atoms with van der Waals surface area (Å²) in [5, 5.41) is 0. The number of benzene rings is 1. The van der Waals surface area contributed by atoms with Gasteiger partial charge in [0.05, 0.1) is 0 Å². The maximum Gasteiger partial charge on any atom is 0.357 e. The van der Waals surface area contributed by atoms with Crippen molar-refractivity contribution in [2.75, 3.05) is 0 Å². The summed E-state index contributed by atoms with van der Waals surface area (Å²) in [4.78, 5) is 0. The second kappa shape index (κ2) is 5.05. The summed E-state index contributed by atoms with van der Waals surface area (Å²) in [5.74, 6) is 0.226. The molecule has 0 spiro atoms. The molecule has 0 aromatic heterocycles. The van der Waals surface area contributed by atoms with Crippen molar-refractivity contribution >= 4 is 22.7 Å². The van der Waals surface area contributed by atoms with E-state index in [1.54, 1.807) is 0 Å². The molecule has 6 nitrogen and oxygen atoms in total. The van der Waals surface area contributed by atoms with Crippen molar-refractivity contribution in [2.24, 2.45) is 0 Å². The van der Waals surface area contributed by atoms with Gasteiger partial charge in [0.15, 0.2) is 0 Å². The smallest absolute Gasteiger partial charge is 0.357 e. The average molecular weight is 237 g/mol. The van der Waals surface area contributed by atoms with E-state index < -0.39 is 22.7 Å². The van der Waals surface area contributed by atoms with Gasteiger partial charge in [-0.2, -0.15) is 4.21 Å². The van der Waals surface area contributed by atoms with Crippen LogP contribution in [-0.2, 0) is 22.7 Å². The van der Waals surface area contributed by atoms with Crippen molar-refractivity contribution in [1.82, 2.24) is 0 Å². The Labute approximate surface area is 84.8 Å². The van der Waals surface area contributed by atoms with E-state index in [9.17, 15) is 13.0 Å². The third kappa shape index (κ3) is 3.83. The molecule has 2 atom stereocenters. The van der Waals surface area contributed by atoms with Gasteiger partial charge in [0.1, 0.15) is 22.9 Å². The highest BCUT2D eigenvalue weighted by molar-refractivity contribution is 7.74. The molecule has 0 heterocycles. The second-order valence-electron chi connectivity index (χ2n) is 2.06. The van der Waals surface area contributed by atoms with Crippen molar-refractivity contribution in [3.63, 3.8) is 0 Å². The summed E-state index contributed by atoms with van der Waals surface area (Å²) in [6, 6.07) is 5.18. The number of rotatable bonds is 4. The van der Waals surface area contributed by atoms with Crippen LogP contribution < -0.4 is 8.37 Å². The lowest BCUT2D eigenvalue weighted by Gasteiger charge is -2.06. The maximum absolute atomic E-state index is 10.2. The van der Waals surface area contributed by atoms with Gasteiger partial charge in [-0.1, -0.05) is 0 Å². The molecular formula is C6H5O6S2-. The molecule has 8 heteroatoms. The van der Waals surface area contributed by atoms with E-state index in [1.807, 2.05) is 0 Å². The Morgan fingerprint density at radius 1 is 1.07 bits per heavy atom. The van der Waals surface area contributed by atoms with Crippen LogP contribution in [0.25, 0.3) is 0 Å². The Morgan fingerprint density at radius 3 is 1.86 bits per heavy atom. The van der Waals surface area contributed by atoms with Crippen LogP contribution in [0.5, 0.6) is 11.5 Å². The van der Waals surface area contributed by atoms with Crippen molar-refractivity contribution in [3.05, 3.63) is 24.3 Å². The lowest BCUT2D eigenvalue weighted by atomic mass is 10.3. The molecule has 1 N–H and O–H groups in total. The van der Waals surface area contributed by atoms with Gasteiger partial charge in [0.25, 0.3) is 0 Å². The van der Waals surface area contributed by atoms with E-state index in [0.717, 1.165) is 0 Å². The van der Waals surface area contributed by atoms with E-state index in [2.05, 4.69) is 8.37 Å². The van der Waals surface area contributed by atoms with Gasteiger partial charge < -0.3 is 12.9 Å². The van der Waals surface area contributed by atoms with Crippen LogP contribution in [0.2, 0.25) is 0 Å². The molecule has 78 valence electrons. The summed E-state index contributed by atoms with van der Waals surface area (Å²) in [7, 11) is 0. The molecule has 0 fully saturated rings. The van der Waals surface area contributed by atoms with Crippen LogP contribution >= 0.6 is 0 Å². The van der Waals surface area contributed by atoms with Gasteiger partial charge in [-0.05, 0) is 24.3 Å². The Hall–Kier alpha value is -0.960. The molecule has 0 aliphatic rings. The first-order chi connectivity index (χ1) is 6.58. The minimum absolute atomic E-state index is 0.0920. The monoisotopic (exact) mass is 237 g/mol. The Kier molecular flexibility index (Phi) is 4.01. The Bertz CT molecular complexity index is 313. The minimum atomic E-state index is -2.63. The van der Waals surface area contributed by atoms with Crippen LogP contribution in [0.3, 0.4) is 0 Å². The average Bonchev–Trinajstić information content (AvgIpc) is 2.06. The molecule has 14 heavy (non-hydrogen) atoms. The number of hydrogen-bond acceptors (Lipinski definition) is 5. The highest BCUT2D eigenvalue weighted by Gasteiger charge is 1.99. The van der Waals surface area contributed by atoms with Crippen LogP contribution in [-0.4, -0.2) is 17.5 Å². The lowest BCUT2D eigenvalue weighted by Crippen LogP contribution is -1.99. The second-order valence-corrected chi connectivity index (χ2v) is 3.24. The molecule has 1 aromatic carbocycles. The van der Waals surface area contributed by atoms with Gasteiger partial charge in [0, 0.05) is 0 Å². The van der Waals surface area contributed by atoms with Gasteiger partial charge in [-0.3, -0.25) is 4.55 Å². The minimum Gasteiger partial charge on any atom is -0.740 e. The normalized spacial score (nSPS) is 14.4. The molecule has 2 unspecified atom stereocenters. The predicted molar refractivity (Wildman–Crippen MR) is 47.4 cm³/mol. The van der Waals surface area contributed by atoms with Crippen LogP contribution in [0.4, 0.5) is 0 Å².